The van der Waals surface area contributed by atoms with Crippen LogP contribution in [0.25, 0.3) is 11.4 Å². The van der Waals surface area contributed by atoms with Crippen molar-refractivity contribution in [3.05, 3.63) is 42.7 Å². The van der Waals surface area contributed by atoms with Crippen LogP contribution in [-0.4, -0.2) is 27.2 Å². The third-order valence-corrected chi connectivity index (χ3v) is 2.54. The van der Waals surface area contributed by atoms with Gasteiger partial charge in [0.15, 0.2) is 0 Å². The molecule has 5 nitrogen and oxygen atoms in total. The van der Waals surface area contributed by atoms with Crippen molar-refractivity contribution in [2.45, 2.75) is 6.04 Å². The SMILES string of the molecule is NCC(C(=O)O)n1ccnc1-c1ccccc1. The van der Waals surface area contributed by atoms with Crippen molar-refractivity contribution in [3.8, 4) is 11.4 Å². The van der Waals surface area contributed by atoms with Crippen LogP contribution in [-0.2, 0) is 4.79 Å². The topological polar surface area (TPSA) is 81.1 Å². The summed E-state index contributed by atoms with van der Waals surface area (Å²) < 4.78 is 1.58. The average Bonchev–Trinajstić information content (AvgIpc) is 2.80. The molecule has 0 saturated carbocycles. The zero-order valence-electron chi connectivity index (χ0n) is 9.15. The van der Waals surface area contributed by atoms with E-state index in [-0.39, 0.29) is 6.54 Å². The summed E-state index contributed by atoms with van der Waals surface area (Å²) in [7, 11) is 0. The summed E-state index contributed by atoms with van der Waals surface area (Å²) in [6.07, 6.45) is 3.21. The smallest absolute Gasteiger partial charge is 0.328 e. The maximum atomic E-state index is 11.1. The molecule has 2 rings (SSSR count). The van der Waals surface area contributed by atoms with E-state index in [2.05, 4.69) is 4.98 Å². The molecule has 0 fully saturated rings. The zero-order valence-corrected chi connectivity index (χ0v) is 9.15. The minimum atomic E-state index is -0.956. The Hall–Kier alpha value is -2.14. The predicted octanol–water partition coefficient (Wildman–Crippen LogP) is 1.13. The first kappa shape index (κ1) is 11.3. The van der Waals surface area contributed by atoms with Gasteiger partial charge in [0, 0.05) is 24.5 Å². The Balaban J connectivity index is 2.45. The fourth-order valence-electron chi connectivity index (χ4n) is 1.71. The van der Waals surface area contributed by atoms with Crippen LogP contribution < -0.4 is 5.73 Å². The second kappa shape index (κ2) is 4.80. The molecule has 5 heteroatoms. The molecule has 1 unspecified atom stereocenters. The first-order valence-corrected chi connectivity index (χ1v) is 5.25. The number of carboxylic acid groups (broad SMARTS) is 1. The molecule has 1 heterocycles. The molecule has 0 bridgehead atoms. The van der Waals surface area contributed by atoms with Gasteiger partial charge in [0.05, 0.1) is 0 Å². The summed E-state index contributed by atoms with van der Waals surface area (Å²) >= 11 is 0. The van der Waals surface area contributed by atoms with Crippen LogP contribution in [0.3, 0.4) is 0 Å². The number of benzene rings is 1. The minimum absolute atomic E-state index is 0.0333. The van der Waals surface area contributed by atoms with Crippen molar-refractivity contribution in [2.75, 3.05) is 6.54 Å². The van der Waals surface area contributed by atoms with Gasteiger partial charge in [-0.3, -0.25) is 0 Å². The van der Waals surface area contributed by atoms with Crippen LogP contribution in [0.2, 0.25) is 0 Å². The fourth-order valence-corrected chi connectivity index (χ4v) is 1.71. The molecule has 0 aliphatic rings. The van der Waals surface area contributed by atoms with E-state index in [1.54, 1.807) is 17.0 Å². The van der Waals surface area contributed by atoms with E-state index in [1.807, 2.05) is 30.3 Å². The van der Waals surface area contributed by atoms with Crippen molar-refractivity contribution >= 4 is 5.97 Å². The number of hydrogen-bond donors (Lipinski definition) is 2. The van der Waals surface area contributed by atoms with E-state index < -0.39 is 12.0 Å². The van der Waals surface area contributed by atoms with Crippen molar-refractivity contribution in [1.29, 1.82) is 0 Å². The van der Waals surface area contributed by atoms with E-state index in [1.165, 1.54) is 0 Å². The van der Waals surface area contributed by atoms with Gasteiger partial charge in [0.25, 0.3) is 0 Å². The number of carboxylic acids is 1. The molecular weight excluding hydrogens is 218 g/mol. The first-order chi connectivity index (χ1) is 8.24. The molecule has 0 spiro atoms. The standard InChI is InChI=1S/C12H13N3O2/c13-8-10(12(16)17)15-7-6-14-11(15)9-4-2-1-3-5-9/h1-7,10H,8,13H2,(H,16,17). The normalized spacial score (nSPS) is 12.3. The Labute approximate surface area is 98.5 Å². The Morgan fingerprint density at radius 3 is 2.71 bits per heavy atom. The number of nitrogens with two attached hydrogens (primary N) is 1. The van der Waals surface area contributed by atoms with Crippen LogP contribution in [0.4, 0.5) is 0 Å². The van der Waals surface area contributed by atoms with E-state index in [0.29, 0.717) is 5.82 Å². The van der Waals surface area contributed by atoms with Gasteiger partial charge >= 0.3 is 5.97 Å². The van der Waals surface area contributed by atoms with Gasteiger partial charge in [-0.1, -0.05) is 30.3 Å². The summed E-state index contributed by atoms with van der Waals surface area (Å²) in [5.74, 6) is -0.342. The van der Waals surface area contributed by atoms with Gasteiger partial charge in [-0.2, -0.15) is 0 Å². The van der Waals surface area contributed by atoms with Crippen molar-refractivity contribution in [1.82, 2.24) is 9.55 Å². The van der Waals surface area contributed by atoms with Gasteiger partial charge in [-0.25, -0.2) is 9.78 Å². The first-order valence-electron chi connectivity index (χ1n) is 5.25. The summed E-state index contributed by atoms with van der Waals surface area (Å²) in [4.78, 5) is 15.3. The second-order valence-corrected chi connectivity index (χ2v) is 3.61. The second-order valence-electron chi connectivity index (χ2n) is 3.61. The lowest BCUT2D eigenvalue weighted by Crippen LogP contribution is -2.27. The highest BCUT2D eigenvalue weighted by Crippen LogP contribution is 2.20. The third kappa shape index (κ3) is 2.19. The molecule has 88 valence electrons. The number of carbonyl (C=O) groups is 1. The Morgan fingerprint density at radius 1 is 1.41 bits per heavy atom. The molecular formula is C12H13N3O2. The summed E-state index contributed by atoms with van der Waals surface area (Å²) in [5, 5.41) is 9.09. The number of aromatic nitrogens is 2. The van der Waals surface area contributed by atoms with Crippen LogP contribution in [0.15, 0.2) is 42.7 Å². The van der Waals surface area contributed by atoms with E-state index in [9.17, 15) is 4.79 Å². The van der Waals surface area contributed by atoms with E-state index in [4.69, 9.17) is 10.8 Å². The Kier molecular flexibility index (Phi) is 3.20. The molecule has 1 aromatic heterocycles. The predicted molar refractivity (Wildman–Crippen MR) is 63.4 cm³/mol. The molecule has 3 N–H and O–H groups in total. The molecule has 1 aromatic carbocycles. The lowest BCUT2D eigenvalue weighted by atomic mass is 10.2. The third-order valence-electron chi connectivity index (χ3n) is 2.54. The number of hydrogen-bond acceptors (Lipinski definition) is 3. The van der Waals surface area contributed by atoms with Gasteiger partial charge < -0.3 is 15.4 Å². The van der Waals surface area contributed by atoms with E-state index in [0.717, 1.165) is 5.56 Å². The molecule has 17 heavy (non-hydrogen) atoms. The highest BCUT2D eigenvalue weighted by Gasteiger charge is 2.20. The number of imidazole rings is 1. The molecule has 0 aliphatic heterocycles. The highest BCUT2D eigenvalue weighted by molar-refractivity contribution is 5.73. The van der Waals surface area contributed by atoms with Crippen molar-refractivity contribution in [2.24, 2.45) is 5.73 Å². The summed E-state index contributed by atoms with van der Waals surface area (Å²) in [6, 6.07) is 8.64. The number of nitrogens with zero attached hydrogens (tertiary/aromatic N) is 2. The highest BCUT2D eigenvalue weighted by atomic mass is 16.4. The van der Waals surface area contributed by atoms with Gasteiger partial charge in [0.2, 0.25) is 0 Å². The van der Waals surface area contributed by atoms with Gasteiger partial charge in [-0.15, -0.1) is 0 Å². The average molecular weight is 231 g/mol. The number of rotatable bonds is 4. The summed E-state index contributed by atoms with van der Waals surface area (Å²) in [5.41, 5.74) is 6.35. The fraction of sp³-hybridized carbons (Fsp3) is 0.167. The van der Waals surface area contributed by atoms with Crippen LogP contribution >= 0.6 is 0 Å². The van der Waals surface area contributed by atoms with Crippen molar-refractivity contribution in [3.63, 3.8) is 0 Å². The quantitative estimate of drug-likeness (QED) is 0.826. The lowest BCUT2D eigenvalue weighted by molar-refractivity contribution is -0.140. The molecule has 0 aliphatic carbocycles. The molecule has 0 saturated heterocycles. The number of aliphatic carboxylic acids is 1. The molecule has 1 atom stereocenters. The Morgan fingerprint density at radius 2 is 2.12 bits per heavy atom. The Bertz CT molecular complexity index is 507. The largest absolute Gasteiger partial charge is 0.480 e. The van der Waals surface area contributed by atoms with Crippen LogP contribution in [0.5, 0.6) is 0 Å². The molecule has 0 amide bonds. The van der Waals surface area contributed by atoms with Crippen molar-refractivity contribution < 1.29 is 9.90 Å². The monoisotopic (exact) mass is 231 g/mol. The summed E-state index contributed by atoms with van der Waals surface area (Å²) in [6.45, 7) is 0.0333. The maximum Gasteiger partial charge on any atom is 0.328 e. The zero-order chi connectivity index (χ0) is 12.3. The molecule has 0 radical (unpaired) electrons. The lowest BCUT2D eigenvalue weighted by Gasteiger charge is -2.14. The van der Waals surface area contributed by atoms with E-state index >= 15 is 0 Å². The van der Waals surface area contributed by atoms with Gasteiger partial charge in [-0.05, 0) is 0 Å². The minimum Gasteiger partial charge on any atom is -0.480 e. The molecule has 2 aromatic rings. The van der Waals surface area contributed by atoms with Gasteiger partial charge in [0.1, 0.15) is 11.9 Å². The van der Waals surface area contributed by atoms with Crippen LogP contribution in [0.1, 0.15) is 6.04 Å². The maximum absolute atomic E-state index is 11.1. The van der Waals surface area contributed by atoms with Crippen LogP contribution in [0, 0.1) is 0 Å².